The largest absolute Gasteiger partial charge is 0.382 e. The Morgan fingerprint density at radius 3 is 2.87 bits per heavy atom. The van der Waals surface area contributed by atoms with Crippen LogP contribution in [0.2, 0.25) is 0 Å². The second-order valence-corrected chi connectivity index (χ2v) is 3.23. The van der Waals surface area contributed by atoms with Gasteiger partial charge in [-0.25, -0.2) is 0 Å². The third-order valence-corrected chi connectivity index (χ3v) is 2.13. The van der Waals surface area contributed by atoms with E-state index in [4.69, 9.17) is 16.4 Å². The molecule has 0 fully saturated rings. The molecule has 2 rings (SSSR count). The van der Waals surface area contributed by atoms with Crippen LogP contribution in [0.5, 0.6) is 0 Å². The topological polar surface area (TPSA) is 51.5 Å². The average Bonchev–Trinajstić information content (AvgIpc) is 2.68. The van der Waals surface area contributed by atoms with Gasteiger partial charge in [-0.3, -0.25) is 9.78 Å². The highest BCUT2D eigenvalue weighted by Gasteiger charge is 2.27. The standard InChI is InChI=1S/C9H7ClN2O2.ClH/c10-9(13)8-5-7(12-14-8)6-3-1-2-4-11-6;/h1-4,8H,5H2;1H. The van der Waals surface area contributed by atoms with Gasteiger partial charge in [-0.05, 0) is 23.7 Å². The van der Waals surface area contributed by atoms with Crippen molar-refractivity contribution in [1.29, 1.82) is 0 Å². The lowest BCUT2D eigenvalue weighted by molar-refractivity contribution is -0.120. The summed E-state index contributed by atoms with van der Waals surface area (Å²) in [5.74, 6) is 0. The average molecular weight is 247 g/mol. The van der Waals surface area contributed by atoms with Crippen LogP contribution in [-0.2, 0) is 9.63 Å². The molecule has 0 aromatic carbocycles. The van der Waals surface area contributed by atoms with Crippen LogP contribution in [-0.4, -0.2) is 22.0 Å². The fourth-order valence-electron chi connectivity index (χ4n) is 1.18. The fraction of sp³-hybridized carbons (Fsp3) is 0.222. The predicted molar refractivity (Wildman–Crippen MR) is 58.4 cm³/mol. The lowest BCUT2D eigenvalue weighted by Crippen LogP contribution is -2.15. The molecule has 4 nitrogen and oxygen atoms in total. The smallest absolute Gasteiger partial charge is 0.265 e. The number of oxime groups is 1. The first-order valence-corrected chi connectivity index (χ1v) is 4.48. The van der Waals surface area contributed by atoms with Crippen LogP contribution in [0.25, 0.3) is 0 Å². The summed E-state index contributed by atoms with van der Waals surface area (Å²) in [4.78, 5) is 19.7. The maximum absolute atomic E-state index is 10.8. The van der Waals surface area contributed by atoms with Crippen molar-refractivity contribution < 1.29 is 9.63 Å². The highest BCUT2D eigenvalue weighted by Crippen LogP contribution is 2.16. The molecule has 0 spiro atoms. The van der Waals surface area contributed by atoms with Gasteiger partial charge in [0.1, 0.15) is 5.71 Å². The van der Waals surface area contributed by atoms with Crippen molar-refractivity contribution in [3.8, 4) is 0 Å². The van der Waals surface area contributed by atoms with Crippen LogP contribution in [0, 0.1) is 0 Å². The first-order chi connectivity index (χ1) is 6.77. The molecule has 0 radical (unpaired) electrons. The van der Waals surface area contributed by atoms with Crippen LogP contribution in [0.1, 0.15) is 12.1 Å². The van der Waals surface area contributed by atoms with E-state index in [2.05, 4.69) is 10.1 Å². The van der Waals surface area contributed by atoms with Crippen LogP contribution in [0.3, 0.4) is 0 Å². The third kappa shape index (κ3) is 2.67. The van der Waals surface area contributed by atoms with E-state index < -0.39 is 11.3 Å². The van der Waals surface area contributed by atoms with Crippen molar-refractivity contribution in [2.24, 2.45) is 5.16 Å². The Morgan fingerprint density at radius 1 is 1.53 bits per heavy atom. The summed E-state index contributed by atoms with van der Waals surface area (Å²) in [5, 5.41) is 3.23. The molecule has 1 aromatic heterocycles. The zero-order valence-corrected chi connectivity index (χ0v) is 9.16. The van der Waals surface area contributed by atoms with Gasteiger partial charge in [0.2, 0.25) is 6.10 Å². The van der Waals surface area contributed by atoms with Gasteiger partial charge < -0.3 is 4.84 Å². The maximum atomic E-state index is 10.8. The lowest BCUT2D eigenvalue weighted by atomic mass is 10.1. The van der Waals surface area contributed by atoms with E-state index in [1.807, 2.05) is 18.2 Å². The highest BCUT2D eigenvalue weighted by atomic mass is 35.5. The van der Waals surface area contributed by atoms with Gasteiger partial charge in [0.05, 0.1) is 5.69 Å². The molecular formula is C9H8Cl2N2O2. The highest BCUT2D eigenvalue weighted by molar-refractivity contribution is 6.64. The Morgan fingerprint density at radius 2 is 2.33 bits per heavy atom. The summed E-state index contributed by atoms with van der Waals surface area (Å²) in [7, 11) is 0. The molecule has 2 heterocycles. The molecule has 1 unspecified atom stereocenters. The van der Waals surface area contributed by atoms with Gasteiger partial charge in [-0.15, -0.1) is 12.4 Å². The van der Waals surface area contributed by atoms with E-state index in [9.17, 15) is 4.79 Å². The molecule has 0 N–H and O–H groups in total. The molecule has 1 aliphatic heterocycles. The number of pyridine rings is 1. The Labute approximate surface area is 97.7 Å². The summed E-state index contributed by atoms with van der Waals surface area (Å²) in [5.41, 5.74) is 1.37. The summed E-state index contributed by atoms with van der Waals surface area (Å²) in [6.07, 6.45) is 1.39. The maximum Gasteiger partial charge on any atom is 0.265 e. The zero-order chi connectivity index (χ0) is 9.97. The summed E-state index contributed by atoms with van der Waals surface area (Å²) in [6.45, 7) is 0. The number of hydrogen-bond acceptors (Lipinski definition) is 4. The Kier molecular flexibility index (Phi) is 4.05. The molecule has 0 saturated heterocycles. The molecule has 0 aliphatic carbocycles. The summed E-state index contributed by atoms with van der Waals surface area (Å²) in [6, 6.07) is 5.47. The zero-order valence-electron chi connectivity index (χ0n) is 7.59. The molecule has 6 heteroatoms. The van der Waals surface area contributed by atoms with E-state index in [0.29, 0.717) is 17.8 Å². The SMILES string of the molecule is Cl.O=C(Cl)C1CC(c2ccccn2)=NO1. The molecule has 1 aromatic rings. The number of nitrogens with zero attached hydrogens (tertiary/aromatic N) is 2. The van der Waals surface area contributed by atoms with Gasteiger partial charge in [0, 0.05) is 12.6 Å². The summed E-state index contributed by atoms with van der Waals surface area (Å²) < 4.78 is 0. The molecule has 0 bridgehead atoms. The number of hydrogen-bond donors (Lipinski definition) is 0. The van der Waals surface area contributed by atoms with Crippen molar-refractivity contribution in [2.45, 2.75) is 12.5 Å². The first-order valence-electron chi connectivity index (χ1n) is 4.11. The monoisotopic (exact) mass is 246 g/mol. The van der Waals surface area contributed by atoms with Gasteiger partial charge >= 0.3 is 0 Å². The minimum absolute atomic E-state index is 0. The van der Waals surface area contributed by atoms with Crippen molar-refractivity contribution in [1.82, 2.24) is 4.98 Å². The van der Waals surface area contributed by atoms with E-state index >= 15 is 0 Å². The molecular weight excluding hydrogens is 239 g/mol. The Balaban J connectivity index is 0.00000112. The molecule has 15 heavy (non-hydrogen) atoms. The van der Waals surface area contributed by atoms with Crippen LogP contribution < -0.4 is 0 Å². The first kappa shape index (κ1) is 11.9. The number of carbonyl (C=O) groups is 1. The second kappa shape index (κ2) is 5.09. The molecule has 0 amide bonds. The third-order valence-electron chi connectivity index (χ3n) is 1.88. The number of halogens is 2. The van der Waals surface area contributed by atoms with Crippen molar-refractivity contribution in [3.63, 3.8) is 0 Å². The molecule has 80 valence electrons. The summed E-state index contributed by atoms with van der Waals surface area (Å²) >= 11 is 5.28. The molecule has 1 atom stereocenters. The second-order valence-electron chi connectivity index (χ2n) is 2.86. The van der Waals surface area contributed by atoms with Crippen LogP contribution in [0.15, 0.2) is 29.6 Å². The van der Waals surface area contributed by atoms with Gasteiger partial charge in [0.25, 0.3) is 5.24 Å². The normalized spacial score (nSPS) is 18.7. The van der Waals surface area contributed by atoms with Crippen LogP contribution >= 0.6 is 24.0 Å². The van der Waals surface area contributed by atoms with E-state index in [1.165, 1.54) is 0 Å². The van der Waals surface area contributed by atoms with E-state index in [1.54, 1.807) is 6.20 Å². The number of rotatable bonds is 2. The minimum Gasteiger partial charge on any atom is -0.382 e. The lowest BCUT2D eigenvalue weighted by Gasteiger charge is -1.99. The van der Waals surface area contributed by atoms with Crippen molar-refractivity contribution in [3.05, 3.63) is 30.1 Å². The van der Waals surface area contributed by atoms with Gasteiger partial charge in [-0.2, -0.15) is 0 Å². The minimum atomic E-state index is -0.659. The molecule has 0 saturated carbocycles. The van der Waals surface area contributed by atoms with Crippen LogP contribution in [0.4, 0.5) is 0 Å². The quantitative estimate of drug-likeness (QED) is 0.748. The van der Waals surface area contributed by atoms with Crippen molar-refractivity contribution >= 4 is 35.0 Å². The van der Waals surface area contributed by atoms with Crippen molar-refractivity contribution in [2.75, 3.05) is 0 Å². The van der Waals surface area contributed by atoms with E-state index in [0.717, 1.165) is 0 Å². The fourth-order valence-corrected chi connectivity index (χ4v) is 1.30. The number of carbonyl (C=O) groups excluding carboxylic acids is 1. The Bertz CT molecular complexity index is 381. The number of aromatic nitrogens is 1. The van der Waals surface area contributed by atoms with Gasteiger partial charge in [-0.1, -0.05) is 11.2 Å². The Hall–Kier alpha value is -1.13. The predicted octanol–water partition coefficient (Wildman–Crippen LogP) is 1.76. The van der Waals surface area contributed by atoms with Gasteiger partial charge in [0.15, 0.2) is 0 Å². The van der Waals surface area contributed by atoms with E-state index in [-0.39, 0.29) is 12.4 Å². The molecule has 1 aliphatic rings.